The van der Waals surface area contributed by atoms with Gasteiger partial charge in [-0.3, -0.25) is 0 Å². The van der Waals surface area contributed by atoms with Crippen LogP contribution in [0.4, 0.5) is 8.78 Å². The van der Waals surface area contributed by atoms with Gasteiger partial charge in [-0.2, -0.15) is 8.78 Å². The lowest BCUT2D eigenvalue weighted by molar-refractivity contribution is -0.185. The van der Waals surface area contributed by atoms with E-state index in [1.165, 1.54) is 32.9 Å². The highest BCUT2D eigenvalue weighted by Crippen LogP contribution is 2.44. The second-order valence-electron chi connectivity index (χ2n) is 10.6. The number of fused-ring (bicyclic) bond motifs is 3. The van der Waals surface area contributed by atoms with Crippen LogP contribution in [-0.4, -0.2) is 40.8 Å². The van der Waals surface area contributed by atoms with Gasteiger partial charge in [-0.15, -0.1) is 0 Å². The highest BCUT2D eigenvalue weighted by molar-refractivity contribution is 6.04. The quantitative estimate of drug-likeness (QED) is 0.313. The molecule has 0 spiro atoms. The van der Waals surface area contributed by atoms with Crippen molar-refractivity contribution in [2.75, 3.05) is 6.61 Å². The summed E-state index contributed by atoms with van der Waals surface area (Å²) in [6.07, 6.45) is -0.517. The van der Waals surface area contributed by atoms with Gasteiger partial charge in [0.2, 0.25) is 5.54 Å². The molecule has 1 atom stereocenters. The molecule has 39 heavy (non-hydrogen) atoms. The van der Waals surface area contributed by atoms with E-state index >= 15 is 0 Å². The fraction of sp³-hybridized carbons (Fsp3) is 0.300. The first-order chi connectivity index (χ1) is 18.2. The fourth-order valence-electron chi connectivity index (χ4n) is 4.58. The number of aliphatic carboxylic acids is 1. The minimum atomic E-state index is -3.93. The maximum absolute atomic E-state index is 14.6. The van der Waals surface area contributed by atoms with Crippen LogP contribution in [0.3, 0.4) is 0 Å². The summed E-state index contributed by atoms with van der Waals surface area (Å²) in [6.45, 7) is 4.29. The first-order valence-electron chi connectivity index (χ1n) is 12.3. The average molecular weight is 538 g/mol. The van der Waals surface area contributed by atoms with Gasteiger partial charge in [0.1, 0.15) is 12.2 Å². The van der Waals surface area contributed by atoms with Gasteiger partial charge in [-0.25, -0.2) is 14.4 Å². The molecule has 3 aromatic rings. The second kappa shape index (κ2) is 10.2. The van der Waals surface area contributed by atoms with Crippen molar-refractivity contribution in [2.24, 2.45) is 5.73 Å². The van der Waals surface area contributed by atoms with Crippen LogP contribution < -0.4 is 5.73 Å². The Kier molecular flexibility index (Phi) is 7.32. The largest absolute Gasteiger partial charge is 0.479 e. The van der Waals surface area contributed by atoms with E-state index in [9.17, 15) is 28.3 Å². The van der Waals surface area contributed by atoms with E-state index in [0.717, 1.165) is 34.4 Å². The Labute approximate surface area is 224 Å². The SMILES string of the molecule is CC(C)(C)OC(=O)C(F)(F)c1ccc(C[C@@](N)(C(=O)O)C(=O)OCC2c3ccccc3-c3ccccc32)cc1. The third-order valence-electron chi connectivity index (χ3n) is 6.54. The van der Waals surface area contributed by atoms with E-state index in [4.69, 9.17) is 15.2 Å². The topological polar surface area (TPSA) is 116 Å². The molecule has 0 amide bonds. The lowest BCUT2D eigenvalue weighted by Crippen LogP contribution is -2.57. The lowest BCUT2D eigenvalue weighted by atomic mass is 9.91. The van der Waals surface area contributed by atoms with E-state index < -0.39 is 47.0 Å². The summed E-state index contributed by atoms with van der Waals surface area (Å²) >= 11 is 0. The number of hydrogen-bond acceptors (Lipinski definition) is 6. The molecule has 0 unspecified atom stereocenters. The molecule has 3 aromatic carbocycles. The lowest BCUT2D eigenvalue weighted by Gasteiger charge is -2.25. The third-order valence-corrected chi connectivity index (χ3v) is 6.54. The fourth-order valence-corrected chi connectivity index (χ4v) is 4.58. The van der Waals surface area contributed by atoms with Crippen LogP contribution in [0.5, 0.6) is 0 Å². The first-order valence-corrected chi connectivity index (χ1v) is 12.3. The zero-order valence-electron chi connectivity index (χ0n) is 21.7. The maximum atomic E-state index is 14.6. The number of carboxylic acid groups (broad SMARTS) is 1. The van der Waals surface area contributed by atoms with Crippen LogP contribution in [0.1, 0.15) is 48.9 Å². The number of carboxylic acids is 1. The summed E-state index contributed by atoms with van der Waals surface area (Å²) in [5, 5.41) is 9.83. The monoisotopic (exact) mass is 537 g/mol. The molecule has 9 heteroatoms. The Balaban J connectivity index is 1.49. The van der Waals surface area contributed by atoms with E-state index in [-0.39, 0.29) is 18.1 Å². The number of carbonyl (C=O) groups is 3. The molecule has 0 saturated carbocycles. The molecule has 204 valence electrons. The Morgan fingerprint density at radius 2 is 1.36 bits per heavy atom. The summed E-state index contributed by atoms with van der Waals surface area (Å²) in [7, 11) is 0. The van der Waals surface area contributed by atoms with E-state index in [2.05, 4.69) is 0 Å². The molecule has 7 nitrogen and oxygen atoms in total. The number of alkyl halides is 2. The zero-order chi connectivity index (χ0) is 28.6. The number of halogens is 2. The summed E-state index contributed by atoms with van der Waals surface area (Å²) in [5.41, 5.74) is 5.93. The van der Waals surface area contributed by atoms with Crippen LogP contribution in [0.25, 0.3) is 11.1 Å². The molecule has 0 radical (unpaired) electrons. The van der Waals surface area contributed by atoms with Gasteiger partial charge in [-0.05, 0) is 48.6 Å². The summed E-state index contributed by atoms with van der Waals surface area (Å²) in [4.78, 5) is 37.1. The van der Waals surface area contributed by atoms with Crippen LogP contribution in [-0.2, 0) is 36.2 Å². The minimum Gasteiger partial charge on any atom is -0.479 e. The van der Waals surface area contributed by atoms with Crippen LogP contribution in [0.2, 0.25) is 0 Å². The van der Waals surface area contributed by atoms with Crippen molar-refractivity contribution in [3.8, 4) is 11.1 Å². The van der Waals surface area contributed by atoms with Crippen molar-refractivity contribution < 1.29 is 37.7 Å². The average Bonchev–Trinajstić information content (AvgIpc) is 3.20. The van der Waals surface area contributed by atoms with Crippen LogP contribution >= 0.6 is 0 Å². The van der Waals surface area contributed by atoms with E-state index in [1.54, 1.807) is 0 Å². The Morgan fingerprint density at radius 1 is 0.846 bits per heavy atom. The van der Waals surface area contributed by atoms with E-state index in [0.29, 0.717) is 0 Å². The number of carbonyl (C=O) groups excluding carboxylic acids is 2. The molecule has 0 heterocycles. The number of benzene rings is 3. The predicted octanol–water partition coefficient (Wildman–Crippen LogP) is 4.80. The Bertz CT molecular complexity index is 1370. The molecule has 1 aliphatic rings. The van der Waals surface area contributed by atoms with Crippen molar-refractivity contribution in [3.63, 3.8) is 0 Å². The summed E-state index contributed by atoms with van der Waals surface area (Å²) in [6, 6.07) is 19.7. The standard InChI is InChI=1S/C30H29F2NO6/c1-28(2,3)39-27(37)30(31,32)19-14-12-18(13-15-19)16-29(33,25(34)35)26(36)38-17-24-22-10-6-4-8-20(22)21-9-5-7-11-23(21)24/h4-15,24H,16-17,33H2,1-3H3,(H,34,35)/t29-/m1/s1. The third kappa shape index (κ3) is 5.54. The smallest absolute Gasteiger partial charge is 0.382 e. The first kappa shape index (κ1) is 27.9. The molecular weight excluding hydrogens is 508 g/mol. The molecule has 1 aliphatic carbocycles. The molecule has 0 aromatic heterocycles. The molecule has 0 bridgehead atoms. The summed E-state index contributed by atoms with van der Waals surface area (Å²) < 4.78 is 39.5. The van der Waals surface area contributed by atoms with Crippen molar-refractivity contribution >= 4 is 17.9 Å². The van der Waals surface area contributed by atoms with Gasteiger partial charge < -0.3 is 20.3 Å². The number of esters is 2. The minimum absolute atomic E-state index is 0.125. The molecule has 3 N–H and O–H groups in total. The van der Waals surface area contributed by atoms with Gasteiger partial charge in [0.25, 0.3) is 0 Å². The maximum Gasteiger partial charge on any atom is 0.382 e. The number of ether oxygens (including phenoxy) is 2. The van der Waals surface area contributed by atoms with Gasteiger partial charge in [0, 0.05) is 17.9 Å². The predicted molar refractivity (Wildman–Crippen MR) is 139 cm³/mol. The van der Waals surface area contributed by atoms with Gasteiger partial charge in [-0.1, -0.05) is 72.8 Å². The Hall–Kier alpha value is -4.11. The zero-order valence-corrected chi connectivity index (χ0v) is 21.7. The number of nitrogens with two attached hydrogens (primary N) is 1. The van der Waals surface area contributed by atoms with Crippen LogP contribution in [0.15, 0.2) is 72.8 Å². The van der Waals surface area contributed by atoms with Crippen molar-refractivity contribution in [1.29, 1.82) is 0 Å². The summed E-state index contributed by atoms with van der Waals surface area (Å²) in [5.74, 6) is -8.71. The normalized spacial score (nSPS) is 14.6. The van der Waals surface area contributed by atoms with Gasteiger partial charge in [0.05, 0.1) is 0 Å². The molecule has 0 fully saturated rings. The number of rotatable bonds is 8. The van der Waals surface area contributed by atoms with Crippen molar-refractivity contribution in [2.45, 2.75) is 50.2 Å². The Morgan fingerprint density at radius 3 is 1.85 bits per heavy atom. The van der Waals surface area contributed by atoms with E-state index in [1.807, 2.05) is 48.5 Å². The van der Waals surface area contributed by atoms with Crippen molar-refractivity contribution in [3.05, 3.63) is 95.1 Å². The molecule has 0 aliphatic heterocycles. The van der Waals surface area contributed by atoms with Crippen LogP contribution in [0, 0.1) is 0 Å². The number of hydrogen-bond donors (Lipinski definition) is 2. The van der Waals surface area contributed by atoms with Crippen molar-refractivity contribution in [1.82, 2.24) is 0 Å². The molecule has 0 saturated heterocycles. The van der Waals surface area contributed by atoms with Gasteiger partial charge in [0.15, 0.2) is 0 Å². The molecule has 4 rings (SSSR count). The highest BCUT2D eigenvalue weighted by Gasteiger charge is 2.46. The highest BCUT2D eigenvalue weighted by atomic mass is 19.3. The molecular formula is C30H29F2NO6. The second-order valence-corrected chi connectivity index (χ2v) is 10.6. The van der Waals surface area contributed by atoms with Gasteiger partial charge >= 0.3 is 23.8 Å².